The summed E-state index contributed by atoms with van der Waals surface area (Å²) in [6.07, 6.45) is -3.53. The van der Waals surface area contributed by atoms with Crippen LogP contribution in [-0.4, -0.2) is 35.9 Å². The minimum Gasteiger partial charge on any atom is -0.481 e. The number of carbonyl (C=O) groups is 2. The Bertz CT molecular complexity index is 472. The van der Waals surface area contributed by atoms with Crippen LogP contribution in [0.1, 0.15) is 16.1 Å². The van der Waals surface area contributed by atoms with Gasteiger partial charge < -0.3 is 14.8 Å². The van der Waals surface area contributed by atoms with Crippen molar-refractivity contribution in [3.05, 3.63) is 23.7 Å². The van der Waals surface area contributed by atoms with E-state index in [1.54, 1.807) is 5.32 Å². The van der Waals surface area contributed by atoms with E-state index in [4.69, 9.17) is 9.52 Å². The molecule has 0 fully saturated rings. The molecule has 1 rings (SSSR count). The van der Waals surface area contributed by atoms with Crippen molar-refractivity contribution < 1.29 is 36.7 Å². The van der Waals surface area contributed by atoms with E-state index in [9.17, 15) is 27.2 Å². The topological polar surface area (TPSA) is 79.5 Å². The molecule has 0 aromatic carbocycles. The predicted octanol–water partition coefficient (Wildman–Crippen LogP) is 1.54. The first-order valence-electron chi connectivity index (χ1n) is 4.96. The molecule has 1 heterocycles. The molecule has 0 spiro atoms. The molecule has 0 saturated carbocycles. The third-order valence-corrected chi connectivity index (χ3v) is 2.11. The van der Waals surface area contributed by atoms with Gasteiger partial charge in [0.05, 0.1) is 18.4 Å². The number of carboxylic acid groups (broad SMARTS) is 1. The second-order valence-corrected chi connectivity index (χ2v) is 3.57. The molecule has 5 nitrogen and oxygen atoms in total. The SMILES string of the molecule is O=C(O)Cc1occc1C(=O)NCC(F)(F)C(F)F. The lowest BCUT2D eigenvalue weighted by molar-refractivity contribution is -0.136. The Labute approximate surface area is 104 Å². The highest BCUT2D eigenvalue weighted by atomic mass is 19.3. The van der Waals surface area contributed by atoms with Crippen molar-refractivity contribution >= 4 is 11.9 Å². The van der Waals surface area contributed by atoms with Crippen molar-refractivity contribution in [3.63, 3.8) is 0 Å². The maximum atomic E-state index is 12.6. The molecule has 19 heavy (non-hydrogen) atoms. The second-order valence-electron chi connectivity index (χ2n) is 3.57. The predicted molar refractivity (Wildman–Crippen MR) is 53.3 cm³/mol. The molecule has 1 aromatic heterocycles. The average Bonchev–Trinajstić information content (AvgIpc) is 2.73. The number of nitrogens with one attached hydrogen (secondary N) is 1. The molecule has 0 radical (unpaired) electrons. The van der Waals surface area contributed by atoms with Crippen LogP contribution in [0.25, 0.3) is 0 Å². The molecule has 0 saturated heterocycles. The van der Waals surface area contributed by atoms with Crippen LogP contribution < -0.4 is 5.32 Å². The fourth-order valence-electron chi connectivity index (χ4n) is 1.19. The highest BCUT2D eigenvalue weighted by Crippen LogP contribution is 2.21. The van der Waals surface area contributed by atoms with Crippen LogP contribution in [0.5, 0.6) is 0 Å². The van der Waals surface area contributed by atoms with Crippen LogP contribution in [0.2, 0.25) is 0 Å². The third kappa shape index (κ3) is 3.97. The van der Waals surface area contributed by atoms with Crippen LogP contribution in [0.15, 0.2) is 16.7 Å². The maximum absolute atomic E-state index is 12.6. The van der Waals surface area contributed by atoms with Gasteiger partial charge in [-0.1, -0.05) is 0 Å². The third-order valence-electron chi connectivity index (χ3n) is 2.11. The lowest BCUT2D eigenvalue weighted by atomic mass is 10.2. The summed E-state index contributed by atoms with van der Waals surface area (Å²) in [5.74, 6) is -7.00. The van der Waals surface area contributed by atoms with Gasteiger partial charge in [-0.25, -0.2) is 8.78 Å². The molecule has 0 aliphatic carbocycles. The van der Waals surface area contributed by atoms with Crippen molar-refractivity contribution in [2.75, 3.05) is 6.54 Å². The lowest BCUT2D eigenvalue weighted by Gasteiger charge is -2.15. The fourth-order valence-corrected chi connectivity index (χ4v) is 1.19. The minimum atomic E-state index is -4.35. The summed E-state index contributed by atoms with van der Waals surface area (Å²) < 4.78 is 53.6. The Balaban J connectivity index is 2.69. The van der Waals surface area contributed by atoms with Gasteiger partial charge in [-0.2, -0.15) is 8.78 Å². The lowest BCUT2D eigenvalue weighted by Crippen LogP contribution is -2.41. The molecule has 2 N–H and O–H groups in total. The van der Waals surface area contributed by atoms with E-state index in [1.807, 2.05) is 0 Å². The number of carboxylic acids is 1. The number of halogens is 4. The summed E-state index contributed by atoms with van der Waals surface area (Å²) >= 11 is 0. The van der Waals surface area contributed by atoms with Gasteiger partial charge >= 0.3 is 18.3 Å². The van der Waals surface area contributed by atoms with Gasteiger partial charge in [-0.15, -0.1) is 0 Å². The highest BCUT2D eigenvalue weighted by molar-refractivity contribution is 5.96. The Hall–Kier alpha value is -2.06. The van der Waals surface area contributed by atoms with Crippen LogP contribution in [-0.2, 0) is 11.2 Å². The van der Waals surface area contributed by atoms with Crippen LogP contribution in [0, 0.1) is 0 Å². The number of carbonyl (C=O) groups excluding carboxylic acids is 1. The number of aliphatic carboxylic acids is 1. The van der Waals surface area contributed by atoms with E-state index < -0.39 is 37.2 Å². The standard InChI is InChI=1S/C10H9F4NO4/c11-9(12)10(13,14)4-15-8(18)5-1-2-19-6(5)3-7(16)17/h1-2,9H,3-4H2,(H,15,18)(H,16,17). The van der Waals surface area contributed by atoms with Gasteiger partial charge in [-0.05, 0) is 6.07 Å². The zero-order valence-corrected chi connectivity index (χ0v) is 9.33. The smallest absolute Gasteiger partial charge is 0.324 e. The zero-order valence-electron chi connectivity index (χ0n) is 9.33. The van der Waals surface area contributed by atoms with Gasteiger partial charge in [0.2, 0.25) is 0 Å². The van der Waals surface area contributed by atoms with E-state index in [1.165, 1.54) is 0 Å². The first-order chi connectivity index (χ1) is 8.74. The van der Waals surface area contributed by atoms with Gasteiger partial charge in [-0.3, -0.25) is 9.59 Å². The summed E-state index contributed by atoms with van der Waals surface area (Å²) in [4.78, 5) is 21.9. The summed E-state index contributed by atoms with van der Waals surface area (Å²) in [6.45, 7) is -1.55. The van der Waals surface area contributed by atoms with Gasteiger partial charge in [0.1, 0.15) is 12.2 Å². The Morgan fingerprint density at radius 1 is 1.42 bits per heavy atom. The zero-order chi connectivity index (χ0) is 14.6. The summed E-state index contributed by atoms with van der Waals surface area (Å²) in [6, 6.07) is 1.06. The van der Waals surface area contributed by atoms with E-state index >= 15 is 0 Å². The average molecular weight is 283 g/mol. The monoisotopic (exact) mass is 283 g/mol. The molecule has 106 valence electrons. The van der Waals surface area contributed by atoms with Crippen LogP contribution >= 0.6 is 0 Å². The van der Waals surface area contributed by atoms with Crippen LogP contribution in [0.4, 0.5) is 17.6 Å². The molecule has 0 aliphatic heterocycles. The largest absolute Gasteiger partial charge is 0.481 e. The van der Waals surface area contributed by atoms with Crippen molar-refractivity contribution in [3.8, 4) is 0 Å². The summed E-state index contributed by atoms with van der Waals surface area (Å²) in [7, 11) is 0. The molecule has 9 heteroatoms. The van der Waals surface area contributed by atoms with E-state index in [2.05, 4.69) is 0 Å². The molecular weight excluding hydrogens is 274 g/mol. The number of rotatable bonds is 6. The quantitative estimate of drug-likeness (QED) is 0.776. The first-order valence-corrected chi connectivity index (χ1v) is 4.96. The minimum absolute atomic E-state index is 0.245. The van der Waals surface area contributed by atoms with Crippen molar-refractivity contribution in [1.29, 1.82) is 0 Å². The molecule has 1 amide bonds. The van der Waals surface area contributed by atoms with Crippen LogP contribution in [0.3, 0.4) is 0 Å². The number of amides is 1. The van der Waals surface area contributed by atoms with Gasteiger partial charge in [0, 0.05) is 0 Å². The Morgan fingerprint density at radius 2 is 2.05 bits per heavy atom. The van der Waals surface area contributed by atoms with Gasteiger partial charge in [0.25, 0.3) is 5.91 Å². The first kappa shape index (κ1) is 15.0. The maximum Gasteiger partial charge on any atom is 0.324 e. The molecular formula is C10H9F4NO4. The fraction of sp³-hybridized carbons (Fsp3) is 0.400. The van der Waals surface area contributed by atoms with E-state index in [0.717, 1.165) is 12.3 Å². The number of hydrogen-bond donors (Lipinski definition) is 2. The van der Waals surface area contributed by atoms with Gasteiger partial charge in [0.15, 0.2) is 0 Å². The number of alkyl halides is 4. The van der Waals surface area contributed by atoms with E-state index in [-0.39, 0.29) is 11.3 Å². The highest BCUT2D eigenvalue weighted by Gasteiger charge is 2.41. The number of hydrogen-bond acceptors (Lipinski definition) is 3. The summed E-state index contributed by atoms with van der Waals surface area (Å²) in [5.41, 5.74) is -0.285. The molecule has 0 aliphatic rings. The molecule has 0 unspecified atom stereocenters. The normalized spacial score (nSPS) is 11.6. The molecule has 1 aromatic rings. The summed E-state index contributed by atoms with van der Waals surface area (Å²) in [5, 5.41) is 10.1. The Kier molecular flexibility index (Phi) is 4.52. The second kappa shape index (κ2) is 5.72. The molecule has 0 atom stereocenters. The molecule has 0 bridgehead atoms. The number of furan rings is 1. The Morgan fingerprint density at radius 3 is 2.58 bits per heavy atom. The van der Waals surface area contributed by atoms with Crippen molar-refractivity contribution in [2.45, 2.75) is 18.8 Å². The van der Waals surface area contributed by atoms with Crippen molar-refractivity contribution in [2.24, 2.45) is 0 Å². The van der Waals surface area contributed by atoms with Crippen molar-refractivity contribution in [1.82, 2.24) is 5.32 Å². The van der Waals surface area contributed by atoms with E-state index in [0.29, 0.717) is 0 Å².